The minimum atomic E-state index is -0.0594. The summed E-state index contributed by atoms with van der Waals surface area (Å²) in [6.07, 6.45) is 5.29. The van der Waals surface area contributed by atoms with Gasteiger partial charge >= 0.3 is 0 Å². The molecule has 0 radical (unpaired) electrons. The van der Waals surface area contributed by atoms with Crippen LogP contribution in [0.1, 0.15) is 5.69 Å². The summed E-state index contributed by atoms with van der Waals surface area (Å²) in [5.41, 5.74) is 1.77. The lowest BCUT2D eigenvalue weighted by atomic mass is 10.3. The quantitative estimate of drug-likeness (QED) is 0.661. The van der Waals surface area contributed by atoms with Gasteiger partial charge in [-0.05, 0) is 24.3 Å². The van der Waals surface area contributed by atoms with E-state index < -0.39 is 0 Å². The second-order valence-corrected chi connectivity index (χ2v) is 6.11. The number of rotatable bonds is 7. The highest BCUT2D eigenvalue weighted by Crippen LogP contribution is 2.23. The van der Waals surface area contributed by atoms with Crippen molar-refractivity contribution in [2.45, 2.75) is 11.7 Å². The van der Waals surface area contributed by atoms with Crippen molar-refractivity contribution in [2.24, 2.45) is 0 Å². The van der Waals surface area contributed by atoms with Gasteiger partial charge in [-0.2, -0.15) is 0 Å². The Balaban J connectivity index is 1.58. The number of hydrogen-bond donors (Lipinski definition) is 1. The number of amides is 1. The van der Waals surface area contributed by atoms with Crippen LogP contribution < -0.4 is 10.1 Å². The molecule has 0 aliphatic rings. The van der Waals surface area contributed by atoms with Gasteiger partial charge in [0.2, 0.25) is 5.91 Å². The number of pyridine rings is 1. The van der Waals surface area contributed by atoms with Gasteiger partial charge in [-0.3, -0.25) is 14.3 Å². The average Bonchev–Trinajstić information content (AvgIpc) is 3.14. The summed E-state index contributed by atoms with van der Waals surface area (Å²) in [5.74, 6) is 1.000. The summed E-state index contributed by atoms with van der Waals surface area (Å²) >= 11 is 1.38. The largest absolute Gasteiger partial charge is 0.497 e. The number of thioether (sulfide) groups is 1. The maximum absolute atomic E-state index is 12.0. The maximum Gasteiger partial charge on any atom is 0.230 e. The van der Waals surface area contributed by atoms with Crippen LogP contribution in [0.15, 0.2) is 66.2 Å². The molecule has 0 aliphatic carbocycles. The normalized spacial score (nSPS) is 10.4. The van der Waals surface area contributed by atoms with E-state index in [-0.39, 0.29) is 11.7 Å². The van der Waals surface area contributed by atoms with E-state index in [2.05, 4.69) is 15.3 Å². The summed E-state index contributed by atoms with van der Waals surface area (Å²) in [5, 5.41) is 3.61. The second-order valence-electron chi connectivity index (χ2n) is 5.17. The highest BCUT2D eigenvalue weighted by atomic mass is 32.2. The zero-order chi connectivity index (χ0) is 17.5. The first-order valence-corrected chi connectivity index (χ1v) is 8.72. The smallest absolute Gasteiger partial charge is 0.230 e. The lowest BCUT2D eigenvalue weighted by Gasteiger charge is -2.09. The number of nitrogens with zero attached hydrogens (tertiary/aromatic N) is 3. The molecular weight excluding hydrogens is 336 g/mol. The molecule has 128 valence electrons. The molecule has 0 spiro atoms. The molecule has 0 atom stereocenters. The van der Waals surface area contributed by atoms with E-state index in [1.165, 1.54) is 11.8 Å². The molecule has 3 aromatic rings. The van der Waals surface area contributed by atoms with Gasteiger partial charge in [0, 0.05) is 24.7 Å². The fourth-order valence-corrected chi connectivity index (χ4v) is 3.03. The molecule has 2 aromatic heterocycles. The Bertz CT molecular complexity index is 836. The van der Waals surface area contributed by atoms with Crippen LogP contribution in [0.4, 0.5) is 0 Å². The van der Waals surface area contributed by atoms with Crippen LogP contribution in [-0.4, -0.2) is 33.3 Å². The van der Waals surface area contributed by atoms with Crippen LogP contribution >= 0.6 is 11.8 Å². The van der Waals surface area contributed by atoms with Crippen LogP contribution in [0, 0.1) is 0 Å². The van der Waals surface area contributed by atoms with Gasteiger partial charge in [-0.1, -0.05) is 23.9 Å². The Morgan fingerprint density at radius 2 is 2.12 bits per heavy atom. The molecule has 7 heteroatoms. The van der Waals surface area contributed by atoms with E-state index in [1.54, 1.807) is 19.5 Å². The van der Waals surface area contributed by atoms with Crippen LogP contribution in [0.25, 0.3) is 5.69 Å². The molecule has 0 saturated heterocycles. The minimum absolute atomic E-state index is 0.0594. The Morgan fingerprint density at radius 1 is 1.20 bits per heavy atom. The molecule has 1 aromatic carbocycles. The number of nitrogens with one attached hydrogen (secondary N) is 1. The van der Waals surface area contributed by atoms with Crippen molar-refractivity contribution in [3.63, 3.8) is 0 Å². The zero-order valence-corrected chi connectivity index (χ0v) is 14.6. The fraction of sp³-hybridized carbons (Fsp3) is 0.167. The molecule has 0 aliphatic heterocycles. The first-order chi connectivity index (χ1) is 12.3. The van der Waals surface area contributed by atoms with Gasteiger partial charge in [0.15, 0.2) is 5.16 Å². The van der Waals surface area contributed by atoms with Gasteiger partial charge in [-0.25, -0.2) is 4.98 Å². The SMILES string of the molecule is COc1cccc(-n2ccnc2SCC(=O)NCc2ccccn2)c1. The van der Waals surface area contributed by atoms with E-state index in [0.717, 1.165) is 22.3 Å². The van der Waals surface area contributed by atoms with Crippen molar-refractivity contribution in [1.29, 1.82) is 0 Å². The standard InChI is InChI=1S/C18H18N4O2S/c1-24-16-7-4-6-15(11-16)22-10-9-20-18(22)25-13-17(23)21-12-14-5-2-3-8-19-14/h2-11H,12-13H2,1H3,(H,21,23). The van der Waals surface area contributed by atoms with Crippen molar-refractivity contribution in [1.82, 2.24) is 19.9 Å². The van der Waals surface area contributed by atoms with Gasteiger partial charge < -0.3 is 10.1 Å². The molecule has 3 rings (SSSR count). The van der Waals surface area contributed by atoms with E-state index in [4.69, 9.17) is 4.74 Å². The Hall–Kier alpha value is -2.80. The number of methoxy groups -OCH3 is 1. The lowest BCUT2D eigenvalue weighted by Crippen LogP contribution is -2.25. The van der Waals surface area contributed by atoms with Gasteiger partial charge in [0.25, 0.3) is 0 Å². The molecule has 1 amide bonds. The number of aromatic nitrogens is 3. The van der Waals surface area contributed by atoms with Crippen molar-refractivity contribution >= 4 is 17.7 Å². The molecule has 0 saturated carbocycles. The number of carbonyl (C=O) groups excluding carboxylic acids is 1. The van der Waals surface area contributed by atoms with Crippen molar-refractivity contribution in [2.75, 3.05) is 12.9 Å². The first-order valence-electron chi connectivity index (χ1n) is 7.73. The second kappa shape index (κ2) is 8.34. The van der Waals surface area contributed by atoms with Crippen molar-refractivity contribution in [3.8, 4) is 11.4 Å². The molecule has 0 fully saturated rings. The third kappa shape index (κ3) is 4.60. The van der Waals surface area contributed by atoms with Crippen LogP contribution in [0.5, 0.6) is 5.75 Å². The topological polar surface area (TPSA) is 69.0 Å². The summed E-state index contributed by atoms with van der Waals surface area (Å²) in [6.45, 7) is 0.421. The van der Waals surface area contributed by atoms with Crippen molar-refractivity contribution < 1.29 is 9.53 Å². The third-order valence-electron chi connectivity index (χ3n) is 3.46. The summed E-state index contributed by atoms with van der Waals surface area (Å²) in [4.78, 5) is 20.6. The molecule has 1 N–H and O–H groups in total. The zero-order valence-electron chi connectivity index (χ0n) is 13.8. The molecule has 2 heterocycles. The maximum atomic E-state index is 12.0. The predicted molar refractivity (Wildman–Crippen MR) is 96.9 cm³/mol. The monoisotopic (exact) mass is 354 g/mol. The predicted octanol–water partition coefficient (Wildman–Crippen LogP) is 2.68. The number of hydrogen-bond acceptors (Lipinski definition) is 5. The van der Waals surface area contributed by atoms with Crippen LogP contribution in [-0.2, 0) is 11.3 Å². The highest BCUT2D eigenvalue weighted by molar-refractivity contribution is 7.99. The summed E-state index contributed by atoms with van der Waals surface area (Å²) in [7, 11) is 1.63. The minimum Gasteiger partial charge on any atom is -0.497 e. The third-order valence-corrected chi connectivity index (χ3v) is 4.43. The van der Waals surface area contributed by atoms with Crippen molar-refractivity contribution in [3.05, 3.63) is 66.7 Å². The lowest BCUT2D eigenvalue weighted by molar-refractivity contribution is -0.118. The number of ether oxygens (including phenoxy) is 1. The van der Waals surface area contributed by atoms with Gasteiger partial charge in [0.05, 0.1) is 30.8 Å². The van der Waals surface area contributed by atoms with E-state index >= 15 is 0 Å². The van der Waals surface area contributed by atoms with E-state index in [1.807, 2.05) is 53.2 Å². The van der Waals surface area contributed by atoms with Crippen LogP contribution in [0.3, 0.4) is 0 Å². The van der Waals surface area contributed by atoms with E-state index in [9.17, 15) is 4.79 Å². The average molecular weight is 354 g/mol. The molecule has 0 bridgehead atoms. The van der Waals surface area contributed by atoms with Gasteiger partial charge in [-0.15, -0.1) is 0 Å². The Kier molecular flexibility index (Phi) is 5.69. The molecular formula is C18H18N4O2S. The Morgan fingerprint density at radius 3 is 2.92 bits per heavy atom. The highest BCUT2D eigenvalue weighted by Gasteiger charge is 2.09. The molecule has 6 nitrogen and oxygen atoms in total. The Labute approximate surface area is 150 Å². The van der Waals surface area contributed by atoms with Gasteiger partial charge in [0.1, 0.15) is 5.75 Å². The summed E-state index contributed by atoms with van der Waals surface area (Å²) in [6, 6.07) is 13.3. The number of imidazole rings is 1. The first kappa shape index (κ1) is 17.0. The van der Waals surface area contributed by atoms with Crippen LogP contribution in [0.2, 0.25) is 0 Å². The number of carbonyl (C=O) groups is 1. The fourth-order valence-electron chi connectivity index (χ4n) is 2.23. The molecule has 25 heavy (non-hydrogen) atoms. The summed E-state index contributed by atoms with van der Waals surface area (Å²) < 4.78 is 7.18. The van der Waals surface area contributed by atoms with E-state index in [0.29, 0.717) is 6.54 Å². The molecule has 0 unspecified atom stereocenters. The number of benzene rings is 1.